The van der Waals surface area contributed by atoms with Crippen molar-refractivity contribution in [1.82, 2.24) is 10.6 Å². The molecule has 1 aliphatic heterocycles. The number of hydrogen-bond acceptors (Lipinski definition) is 5. The molecule has 2 fully saturated rings. The minimum atomic E-state index is -0.623. The molecule has 1 saturated heterocycles. The molecule has 3 rings (SSSR count). The number of benzene rings is 1. The largest absolute Gasteiger partial charge is 0.497 e. The third kappa shape index (κ3) is 4.71. The number of carbonyl (C=O) groups is 1. The highest BCUT2D eigenvalue weighted by molar-refractivity contribution is 5.78. The van der Waals surface area contributed by atoms with Crippen molar-refractivity contribution in [3.05, 3.63) is 29.8 Å². The van der Waals surface area contributed by atoms with Crippen LogP contribution in [-0.2, 0) is 16.1 Å². The summed E-state index contributed by atoms with van der Waals surface area (Å²) in [5.74, 6) is 1.07. The number of methoxy groups -OCH3 is 1. The molecule has 138 valence electrons. The molecule has 0 bridgehead atoms. The van der Waals surface area contributed by atoms with Gasteiger partial charge < -0.3 is 25.2 Å². The summed E-state index contributed by atoms with van der Waals surface area (Å²) >= 11 is 0. The summed E-state index contributed by atoms with van der Waals surface area (Å²) in [4.78, 5) is 12.1. The molecular formula is C19H28N2O4. The lowest BCUT2D eigenvalue weighted by Crippen LogP contribution is -2.45. The first-order valence-corrected chi connectivity index (χ1v) is 9.11. The predicted molar refractivity (Wildman–Crippen MR) is 94.3 cm³/mol. The summed E-state index contributed by atoms with van der Waals surface area (Å²) in [5, 5.41) is 16.7. The Labute approximate surface area is 148 Å². The number of ether oxygens (including phenoxy) is 2. The van der Waals surface area contributed by atoms with Crippen molar-refractivity contribution in [3.8, 4) is 5.75 Å². The first-order valence-electron chi connectivity index (χ1n) is 9.11. The zero-order valence-electron chi connectivity index (χ0n) is 14.7. The summed E-state index contributed by atoms with van der Waals surface area (Å²) in [7, 11) is 1.64. The SMILES string of the molecule is COc1ccc(CN[C@@H]2CO[C@H](CNC(=O)C3CCCC3)[C@H]2O)cc1. The standard InChI is InChI=1S/C19H28N2O4/c1-24-15-8-6-13(7-9-15)10-20-16-12-25-17(18(16)22)11-21-19(23)14-4-2-3-5-14/h6-9,14,16-18,20,22H,2-5,10-12H2,1H3,(H,21,23)/t16-,17-,18+/m1/s1. The normalized spacial score (nSPS) is 26.7. The number of nitrogens with one attached hydrogen (secondary N) is 2. The van der Waals surface area contributed by atoms with Gasteiger partial charge in [-0.25, -0.2) is 0 Å². The van der Waals surface area contributed by atoms with Crippen molar-refractivity contribution in [3.63, 3.8) is 0 Å². The van der Waals surface area contributed by atoms with Gasteiger partial charge in [-0.2, -0.15) is 0 Å². The van der Waals surface area contributed by atoms with Gasteiger partial charge in [-0.15, -0.1) is 0 Å². The van der Waals surface area contributed by atoms with Crippen LogP contribution in [0.2, 0.25) is 0 Å². The fourth-order valence-corrected chi connectivity index (χ4v) is 3.57. The van der Waals surface area contributed by atoms with Crippen LogP contribution < -0.4 is 15.4 Å². The number of hydrogen-bond donors (Lipinski definition) is 3. The van der Waals surface area contributed by atoms with E-state index in [0.717, 1.165) is 37.0 Å². The molecule has 0 unspecified atom stereocenters. The Morgan fingerprint density at radius 3 is 2.68 bits per heavy atom. The van der Waals surface area contributed by atoms with Gasteiger partial charge in [0.25, 0.3) is 0 Å². The summed E-state index contributed by atoms with van der Waals surface area (Å²) in [6.45, 7) is 1.47. The van der Waals surface area contributed by atoms with Crippen molar-refractivity contribution in [1.29, 1.82) is 0 Å². The predicted octanol–water partition coefficient (Wildman–Crippen LogP) is 1.22. The van der Waals surface area contributed by atoms with Gasteiger partial charge in [-0.05, 0) is 30.5 Å². The van der Waals surface area contributed by atoms with Gasteiger partial charge in [0, 0.05) is 19.0 Å². The van der Waals surface area contributed by atoms with Crippen molar-refractivity contribution in [2.45, 2.75) is 50.5 Å². The van der Waals surface area contributed by atoms with E-state index in [-0.39, 0.29) is 24.0 Å². The molecule has 1 heterocycles. The van der Waals surface area contributed by atoms with Crippen LogP contribution in [0.1, 0.15) is 31.2 Å². The first-order chi connectivity index (χ1) is 12.2. The number of rotatable bonds is 7. The van der Waals surface area contributed by atoms with Gasteiger partial charge in [0.1, 0.15) is 11.9 Å². The van der Waals surface area contributed by atoms with Crippen molar-refractivity contribution < 1.29 is 19.4 Å². The highest BCUT2D eigenvalue weighted by atomic mass is 16.5. The summed E-state index contributed by atoms with van der Waals surface area (Å²) in [6, 6.07) is 7.69. The maximum atomic E-state index is 12.1. The Bertz CT molecular complexity index is 557. The lowest BCUT2D eigenvalue weighted by atomic mass is 10.1. The summed E-state index contributed by atoms with van der Waals surface area (Å²) in [5.41, 5.74) is 1.12. The van der Waals surface area contributed by atoms with E-state index in [4.69, 9.17) is 9.47 Å². The Morgan fingerprint density at radius 1 is 1.28 bits per heavy atom. The van der Waals surface area contributed by atoms with Crippen LogP contribution in [-0.4, -0.2) is 49.5 Å². The Morgan fingerprint density at radius 2 is 2.00 bits per heavy atom. The van der Waals surface area contributed by atoms with E-state index < -0.39 is 6.10 Å². The average Bonchev–Trinajstić information content (AvgIpc) is 3.29. The summed E-state index contributed by atoms with van der Waals surface area (Å²) in [6.07, 6.45) is 3.26. The quantitative estimate of drug-likeness (QED) is 0.690. The topological polar surface area (TPSA) is 79.8 Å². The molecule has 0 aromatic heterocycles. The maximum absolute atomic E-state index is 12.1. The Hall–Kier alpha value is -1.63. The van der Waals surface area contributed by atoms with Gasteiger partial charge in [-0.1, -0.05) is 25.0 Å². The van der Waals surface area contributed by atoms with Crippen LogP contribution in [0, 0.1) is 5.92 Å². The lowest BCUT2D eigenvalue weighted by molar-refractivity contribution is -0.125. The van der Waals surface area contributed by atoms with E-state index in [0.29, 0.717) is 19.7 Å². The fourth-order valence-electron chi connectivity index (χ4n) is 3.57. The molecule has 3 N–H and O–H groups in total. The van der Waals surface area contributed by atoms with Crippen LogP contribution in [0.3, 0.4) is 0 Å². The zero-order valence-corrected chi connectivity index (χ0v) is 14.7. The molecule has 0 spiro atoms. The first kappa shape index (κ1) is 18.2. The minimum absolute atomic E-state index is 0.0999. The molecule has 25 heavy (non-hydrogen) atoms. The Kier molecular flexibility index (Phi) is 6.29. The Balaban J connectivity index is 1.41. The van der Waals surface area contributed by atoms with Gasteiger partial charge in [0.2, 0.25) is 5.91 Å². The van der Waals surface area contributed by atoms with Crippen molar-refractivity contribution >= 4 is 5.91 Å². The van der Waals surface area contributed by atoms with E-state index >= 15 is 0 Å². The van der Waals surface area contributed by atoms with Gasteiger partial charge in [0.05, 0.1) is 25.9 Å². The van der Waals surface area contributed by atoms with Gasteiger partial charge in [0.15, 0.2) is 0 Å². The molecule has 6 heteroatoms. The summed E-state index contributed by atoms with van der Waals surface area (Å²) < 4.78 is 10.8. The van der Waals surface area contributed by atoms with Crippen molar-refractivity contribution in [2.24, 2.45) is 5.92 Å². The highest BCUT2D eigenvalue weighted by Crippen LogP contribution is 2.24. The van der Waals surface area contributed by atoms with Gasteiger partial charge >= 0.3 is 0 Å². The van der Waals surface area contributed by atoms with E-state index in [1.54, 1.807) is 7.11 Å². The molecule has 1 amide bonds. The molecule has 3 atom stereocenters. The third-order valence-electron chi connectivity index (χ3n) is 5.21. The van der Waals surface area contributed by atoms with Crippen LogP contribution in [0.15, 0.2) is 24.3 Å². The molecule has 1 saturated carbocycles. The number of aliphatic hydroxyl groups is 1. The zero-order chi connectivity index (χ0) is 17.6. The monoisotopic (exact) mass is 348 g/mol. The molecule has 0 radical (unpaired) electrons. The number of amides is 1. The third-order valence-corrected chi connectivity index (χ3v) is 5.21. The van der Waals surface area contributed by atoms with E-state index in [2.05, 4.69) is 10.6 Å². The second-order valence-electron chi connectivity index (χ2n) is 6.92. The van der Waals surface area contributed by atoms with Gasteiger partial charge in [-0.3, -0.25) is 4.79 Å². The van der Waals surface area contributed by atoms with Crippen LogP contribution >= 0.6 is 0 Å². The van der Waals surface area contributed by atoms with Crippen LogP contribution in [0.25, 0.3) is 0 Å². The number of aliphatic hydroxyl groups excluding tert-OH is 1. The second kappa shape index (κ2) is 8.65. The maximum Gasteiger partial charge on any atom is 0.223 e. The van der Waals surface area contributed by atoms with E-state index in [1.807, 2.05) is 24.3 Å². The lowest BCUT2D eigenvalue weighted by Gasteiger charge is -2.20. The molecule has 1 aromatic rings. The smallest absolute Gasteiger partial charge is 0.223 e. The van der Waals surface area contributed by atoms with Crippen molar-refractivity contribution in [2.75, 3.05) is 20.3 Å². The fraction of sp³-hybridized carbons (Fsp3) is 0.632. The van der Waals surface area contributed by atoms with E-state index in [9.17, 15) is 9.90 Å². The van der Waals surface area contributed by atoms with E-state index in [1.165, 1.54) is 0 Å². The minimum Gasteiger partial charge on any atom is -0.497 e. The molecule has 1 aliphatic carbocycles. The molecule has 6 nitrogen and oxygen atoms in total. The number of carbonyl (C=O) groups excluding carboxylic acids is 1. The molecular weight excluding hydrogens is 320 g/mol. The highest BCUT2D eigenvalue weighted by Gasteiger charge is 2.36. The second-order valence-corrected chi connectivity index (χ2v) is 6.92. The molecule has 1 aromatic carbocycles. The van der Waals surface area contributed by atoms with Crippen LogP contribution in [0.4, 0.5) is 0 Å². The van der Waals surface area contributed by atoms with Crippen LogP contribution in [0.5, 0.6) is 5.75 Å². The molecule has 2 aliphatic rings. The average molecular weight is 348 g/mol.